The summed E-state index contributed by atoms with van der Waals surface area (Å²) in [6, 6.07) is 0. The Morgan fingerprint density at radius 1 is 1.14 bits per heavy atom. The number of hydrogen-bond acceptors (Lipinski definition) is 8. The van der Waals surface area contributed by atoms with Crippen molar-refractivity contribution in [3.8, 4) is 17.1 Å². The summed E-state index contributed by atoms with van der Waals surface area (Å²) in [5.74, 6) is 1.84. The third kappa shape index (κ3) is 3.66. The number of nitrogens with zero attached hydrogens (tertiary/aromatic N) is 6. The number of aromatic nitrogens is 5. The number of nitrogens with two attached hydrogens (primary N) is 1. The van der Waals surface area contributed by atoms with Crippen molar-refractivity contribution < 1.29 is 9.53 Å². The molecule has 1 saturated heterocycles. The summed E-state index contributed by atoms with van der Waals surface area (Å²) in [6.45, 7) is 2.62. The minimum absolute atomic E-state index is 0.319. The number of aldehydes is 1. The van der Waals surface area contributed by atoms with E-state index in [1.807, 2.05) is 13.2 Å². The molecular weight excluding hydrogens is 442 g/mol. The van der Waals surface area contributed by atoms with Gasteiger partial charge in [-0.25, -0.2) is 19.9 Å². The lowest BCUT2D eigenvalue weighted by molar-refractivity contribution is -0.104. The number of carbonyl (C=O) groups excluding carboxylic acids is 1. The largest absolute Gasteiger partial charge is 0.490 e. The van der Waals surface area contributed by atoms with Crippen LogP contribution in [-0.4, -0.2) is 55.4 Å². The highest BCUT2D eigenvalue weighted by Gasteiger charge is 2.36. The average Bonchev–Trinajstić information content (AvgIpc) is 3.47. The van der Waals surface area contributed by atoms with E-state index in [-0.39, 0.29) is 0 Å². The van der Waals surface area contributed by atoms with E-state index in [1.54, 1.807) is 12.3 Å². The van der Waals surface area contributed by atoms with Crippen molar-refractivity contribution in [1.82, 2.24) is 29.4 Å². The molecule has 5 heterocycles. The van der Waals surface area contributed by atoms with E-state index in [1.165, 1.54) is 11.9 Å². The highest BCUT2D eigenvalue weighted by Crippen LogP contribution is 2.48. The van der Waals surface area contributed by atoms with E-state index in [0.29, 0.717) is 23.7 Å². The minimum Gasteiger partial charge on any atom is -0.490 e. The molecule has 0 atom stereocenters. The monoisotopic (exact) mass is 471 g/mol. The fourth-order valence-electron chi connectivity index (χ4n) is 5.87. The quantitative estimate of drug-likeness (QED) is 0.456. The summed E-state index contributed by atoms with van der Waals surface area (Å²) in [5, 5.41) is 0.806. The van der Waals surface area contributed by atoms with Gasteiger partial charge in [0.2, 0.25) is 0 Å². The summed E-state index contributed by atoms with van der Waals surface area (Å²) in [4.78, 5) is 31.3. The van der Waals surface area contributed by atoms with E-state index in [4.69, 9.17) is 15.5 Å². The van der Waals surface area contributed by atoms with E-state index >= 15 is 0 Å². The lowest BCUT2D eigenvalue weighted by Crippen LogP contribution is -2.38. The Labute approximate surface area is 203 Å². The van der Waals surface area contributed by atoms with Gasteiger partial charge >= 0.3 is 0 Å². The van der Waals surface area contributed by atoms with Crippen LogP contribution in [0.2, 0.25) is 0 Å². The van der Waals surface area contributed by atoms with Gasteiger partial charge < -0.3 is 19.9 Å². The first kappa shape index (κ1) is 21.8. The van der Waals surface area contributed by atoms with Crippen LogP contribution in [0.15, 0.2) is 30.9 Å². The first-order valence-corrected chi connectivity index (χ1v) is 12.2. The Bertz CT molecular complexity index is 1370. The predicted molar refractivity (Wildman–Crippen MR) is 133 cm³/mol. The first-order valence-electron chi connectivity index (χ1n) is 12.2. The maximum absolute atomic E-state index is 10.7. The van der Waals surface area contributed by atoms with Gasteiger partial charge in [0.15, 0.2) is 11.6 Å². The second kappa shape index (κ2) is 8.48. The van der Waals surface area contributed by atoms with Gasteiger partial charge in [-0.15, -0.1) is 0 Å². The average molecular weight is 472 g/mol. The molecule has 0 amide bonds. The molecule has 3 aromatic rings. The molecule has 3 aliphatic rings. The summed E-state index contributed by atoms with van der Waals surface area (Å²) in [7, 11) is 2.03. The molecule has 180 valence electrons. The normalized spacial score (nSPS) is 19.2. The summed E-state index contributed by atoms with van der Waals surface area (Å²) < 4.78 is 7.75. The molecule has 1 fully saturated rings. The van der Waals surface area contributed by atoms with Crippen LogP contribution in [0.5, 0.6) is 5.75 Å². The molecule has 9 nitrogen and oxygen atoms in total. The van der Waals surface area contributed by atoms with Crippen molar-refractivity contribution >= 4 is 28.7 Å². The molecule has 35 heavy (non-hydrogen) atoms. The molecule has 2 aliphatic heterocycles. The third-order valence-corrected chi connectivity index (χ3v) is 7.89. The zero-order chi connectivity index (χ0) is 24.0. The number of fused-ring (bicyclic) bond motifs is 2. The van der Waals surface area contributed by atoms with E-state index in [2.05, 4.69) is 30.5 Å². The van der Waals surface area contributed by atoms with Crippen LogP contribution in [0.4, 0.5) is 5.82 Å². The topological polar surface area (TPSA) is 112 Å². The van der Waals surface area contributed by atoms with E-state index in [0.717, 1.165) is 91.6 Å². The van der Waals surface area contributed by atoms with E-state index in [9.17, 15) is 4.79 Å². The molecule has 9 heteroatoms. The molecule has 0 saturated carbocycles. The summed E-state index contributed by atoms with van der Waals surface area (Å²) in [6.07, 6.45) is 16.2. The minimum atomic E-state index is 0.319. The van der Waals surface area contributed by atoms with Crippen LogP contribution in [0.1, 0.15) is 43.5 Å². The van der Waals surface area contributed by atoms with Crippen LogP contribution in [0.25, 0.3) is 28.0 Å². The van der Waals surface area contributed by atoms with E-state index < -0.39 is 0 Å². The molecule has 0 bridgehead atoms. The van der Waals surface area contributed by atoms with Crippen LogP contribution in [0, 0.1) is 5.41 Å². The molecule has 0 aromatic carbocycles. The number of rotatable bonds is 4. The van der Waals surface area contributed by atoms with Gasteiger partial charge in [0.1, 0.15) is 24.1 Å². The number of piperidine rings is 1. The second-order valence-electron chi connectivity index (χ2n) is 9.79. The van der Waals surface area contributed by atoms with Gasteiger partial charge in [-0.1, -0.05) is 6.08 Å². The van der Waals surface area contributed by atoms with Gasteiger partial charge in [0.05, 0.1) is 35.1 Å². The Morgan fingerprint density at radius 3 is 2.77 bits per heavy atom. The molecule has 3 aromatic heterocycles. The number of aryl methyl sites for hydroxylation is 1. The molecule has 1 aliphatic carbocycles. The fraction of sp³-hybridized carbons (Fsp3) is 0.423. The number of nitrogen functional groups attached to an aromatic ring is 1. The van der Waals surface area contributed by atoms with Crippen molar-refractivity contribution in [2.75, 3.05) is 25.4 Å². The van der Waals surface area contributed by atoms with Crippen LogP contribution < -0.4 is 10.5 Å². The third-order valence-electron chi connectivity index (χ3n) is 7.89. The first-order chi connectivity index (χ1) is 17.1. The molecular formula is C26H29N7O2. The highest BCUT2D eigenvalue weighted by molar-refractivity contribution is 6.04. The van der Waals surface area contributed by atoms with Gasteiger partial charge in [0.25, 0.3) is 0 Å². The smallest absolute Gasteiger partial charge is 0.162 e. The lowest BCUT2D eigenvalue weighted by atomic mass is 9.68. The molecule has 6 rings (SSSR count). The predicted octanol–water partition coefficient (Wildman–Crippen LogP) is 3.30. The van der Waals surface area contributed by atoms with Gasteiger partial charge in [0, 0.05) is 32.8 Å². The standard InChI is InChI=1S/C26H29N7O2/c1-32-22(17-3-6-26(7-4-17)8-11-33(12-9-26)10-2-13-34)20(21-23(27)29-16-30-25(21)32)24-28-15-19-18(31-24)5-14-35-19/h2-3,10,13,15-16H,4-9,11-12,14H2,1H3,(H2,27,29,30). The lowest BCUT2D eigenvalue weighted by Gasteiger charge is -2.43. The molecule has 2 N–H and O–H groups in total. The van der Waals surface area contributed by atoms with Crippen molar-refractivity contribution in [2.45, 2.75) is 38.5 Å². The maximum Gasteiger partial charge on any atom is 0.162 e. The molecule has 1 spiro atoms. The van der Waals surface area contributed by atoms with Crippen LogP contribution in [-0.2, 0) is 18.3 Å². The molecule has 0 unspecified atom stereocenters. The van der Waals surface area contributed by atoms with Crippen LogP contribution in [0.3, 0.4) is 0 Å². The Balaban J connectivity index is 1.39. The second-order valence-corrected chi connectivity index (χ2v) is 9.79. The number of likely N-dealkylation sites (tertiary alicyclic amines) is 1. The SMILES string of the molecule is Cn1c(C2=CCC3(CC2)CCN(C=CC=O)CC3)c(-c2ncc3c(n2)CCO3)c2c(N)ncnc21. The number of hydrogen-bond donors (Lipinski definition) is 1. The van der Waals surface area contributed by atoms with Crippen molar-refractivity contribution in [2.24, 2.45) is 12.5 Å². The Hall–Kier alpha value is -3.75. The zero-order valence-corrected chi connectivity index (χ0v) is 19.9. The number of carbonyl (C=O) groups is 1. The number of anilines is 1. The fourth-order valence-corrected chi connectivity index (χ4v) is 5.87. The number of ether oxygens (including phenoxy) is 1. The van der Waals surface area contributed by atoms with Crippen molar-refractivity contribution in [3.05, 3.63) is 42.3 Å². The Kier molecular flexibility index (Phi) is 5.27. The van der Waals surface area contributed by atoms with Crippen molar-refractivity contribution in [1.29, 1.82) is 0 Å². The number of allylic oxidation sites excluding steroid dienone is 3. The van der Waals surface area contributed by atoms with Crippen LogP contribution >= 0.6 is 0 Å². The summed E-state index contributed by atoms with van der Waals surface area (Å²) in [5.41, 5.74) is 11.7. The summed E-state index contributed by atoms with van der Waals surface area (Å²) >= 11 is 0. The Morgan fingerprint density at radius 2 is 2.00 bits per heavy atom. The van der Waals surface area contributed by atoms with Gasteiger partial charge in [-0.2, -0.15) is 0 Å². The van der Waals surface area contributed by atoms with Crippen molar-refractivity contribution in [3.63, 3.8) is 0 Å². The highest BCUT2D eigenvalue weighted by atomic mass is 16.5. The van der Waals surface area contributed by atoms with Gasteiger partial charge in [-0.05, 0) is 49.2 Å². The molecule has 0 radical (unpaired) electrons. The maximum atomic E-state index is 10.7. The van der Waals surface area contributed by atoms with Gasteiger partial charge in [-0.3, -0.25) is 4.79 Å². The zero-order valence-electron chi connectivity index (χ0n) is 19.9.